The molecule has 116 valence electrons. The topological polar surface area (TPSA) is 24.5 Å². The van der Waals surface area contributed by atoms with Gasteiger partial charge in [0.2, 0.25) is 0 Å². The summed E-state index contributed by atoms with van der Waals surface area (Å²) in [4.78, 5) is 2.18. The van der Waals surface area contributed by atoms with Crippen molar-refractivity contribution in [2.24, 2.45) is 5.92 Å². The Morgan fingerprint density at radius 2 is 2.05 bits per heavy atom. The molecule has 3 nitrogen and oxygen atoms in total. The number of alkyl halides is 2. The normalized spacial score (nSPS) is 14.1. The van der Waals surface area contributed by atoms with Gasteiger partial charge in [0, 0.05) is 18.8 Å². The second kappa shape index (κ2) is 7.54. The molecule has 1 aliphatic rings. The summed E-state index contributed by atoms with van der Waals surface area (Å²) in [6.07, 6.45) is 3.60. The van der Waals surface area contributed by atoms with E-state index in [0.29, 0.717) is 5.11 Å². The van der Waals surface area contributed by atoms with Crippen LogP contribution in [-0.4, -0.2) is 29.7 Å². The van der Waals surface area contributed by atoms with E-state index < -0.39 is 6.61 Å². The molecule has 0 radical (unpaired) electrons. The van der Waals surface area contributed by atoms with Gasteiger partial charge in [0.05, 0.1) is 0 Å². The van der Waals surface area contributed by atoms with Gasteiger partial charge in [0.25, 0.3) is 0 Å². The third kappa shape index (κ3) is 5.46. The minimum absolute atomic E-state index is 0.143. The molecule has 21 heavy (non-hydrogen) atoms. The lowest BCUT2D eigenvalue weighted by Gasteiger charge is -2.25. The van der Waals surface area contributed by atoms with Crippen LogP contribution in [0, 0.1) is 5.92 Å². The Hall–Kier alpha value is -1.43. The monoisotopic (exact) mass is 314 g/mol. The smallest absolute Gasteiger partial charge is 0.387 e. The SMILES string of the molecule is CCCN(CC1CC1)C(=S)Nc1ccc(OC(F)F)cc1. The first-order valence-corrected chi connectivity index (χ1v) is 7.60. The van der Waals surface area contributed by atoms with Crippen LogP contribution in [0.5, 0.6) is 5.75 Å². The highest BCUT2D eigenvalue weighted by Crippen LogP contribution is 2.30. The fraction of sp³-hybridized carbons (Fsp3) is 0.533. The van der Waals surface area contributed by atoms with Crippen LogP contribution in [0.3, 0.4) is 0 Å². The predicted octanol–water partition coefficient (Wildman–Crippen LogP) is 4.11. The molecule has 0 aliphatic heterocycles. The molecular formula is C15H20F2N2OS. The summed E-state index contributed by atoms with van der Waals surface area (Å²) in [5.74, 6) is 0.906. The van der Waals surface area contributed by atoms with Gasteiger partial charge in [-0.2, -0.15) is 8.78 Å². The van der Waals surface area contributed by atoms with Crippen molar-refractivity contribution >= 4 is 23.0 Å². The number of halogens is 2. The van der Waals surface area contributed by atoms with E-state index in [1.165, 1.54) is 25.0 Å². The zero-order valence-electron chi connectivity index (χ0n) is 12.0. The second-order valence-corrected chi connectivity index (χ2v) is 5.61. The summed E-state index contributed by atoms with van der Waals surface area (Å²) in [6.45, 7) is 1.24. The third-order valence-corrected chi connectivity index (χ3v) is 3.65. The fourth-order valence-corrected chi connectivity index (χ4v) is 2.36. The van der Waals surface area contributed by atoms with Crippen LogP contribution >= 0.6 is 12.2 Å². The van der Waals surface area contributed by atoms with Crippen LogP contribution in [0.4, 0.5) is 14.5 Å². The lowest BCUT2D eigenvalue weighted by molar-refractivity contribution is -0.0498. The van der Waals surface area contributed by atoms with E-state index in [0.717, 1.165) is 31.1 Å². The van der Waals surface area contributed by atoms with Crippen LogP contribution in [0.2, 0.25) is 0 Å². The van der Waals surface area contributed by atoms with Gasteiger partial charge in [-0.15, -0.1) is 0 Å². The van der Waals surface area contributed by atoms with Gasteiger partial charge >= 0.3 is 6.61 Å². The van der Waals surface area contributed by atoms with Crippen molar-refractivity contribution in [3.05, 3.63) is 24.3 Å². The molecule has 2 rings (SSSR count). The zero-order chi connectivity index (χ0) is 15.2. The highest BCUT2D eigenvalue weighted by molar-refractivity contribution is 7.80. The molecule has 0 heterocycles. The molecule has 0 spiro atoms. The number of hydrogen-bond acceptors (Lipinski definition) is 2. The Morgan fingerprint density at radius 3 is 2.57 bits per heavy atom. The molecule has 1 aromatic carbocycles. The summed E-state index contributed by atoms with van der Waals surface area (Å²) in [5, 5.41) is 3.84. The molecule has 0 atom stereocenters. The fourth-order valence-electron chi connectivity index (χ4n) is 2.08. The van der Waals surface area contributed by atoms with Crippen molar-refractivity contribution in [2.75, 3.05) is 18.4 Å². The van der Waals surface area contributed by atoms with Crippen LogP contribution in [0.1, 0.15) is 26.2 Å². The summed E-state index contributed by atoms with van der Waals surface area (Å²) < 4.78 is 28.5. The van der Waals surface area contributed by atoms with Crippen LogP contribution in [0.15, 0.2) is 24.3 Å². The van der Waals surface area contributed by atoms with Crippen molar-refractivity contribution in [3.8, 4) is 5.75 Å². The average Bonchev–Trinajstić information content (AvgIpc) is 3.24. The Labute approximate surface area is 129 Å². The average molecular weight is 314 g/mol. The lowest BCUT2D eigenvalue weighted by atomic mass is 10.3. The van der Waals surface area contributed by atoms with E-state index in [4.69, 9.17) is 12.2 Å². The van der Waals surface area contributed by atoms with E-state index in [-0.39, 0.29) is 5.75 Å². The van der Waals surface area contributed by atoms with Crippen molar-refractivity contribution < 1.29 is 13.5 Å². The van der Waals surface area contributed by atoms with Gasteiger partial charge in [-0.25, -0.2) is 0 Å². The van der Waals surface area contributed by atoms with Crippen molar-refractivity contribution in [1.82, 2.24) is 4.90 Å². The molecule has 0 unspecified atom stereocenters. The maximum absolute atomic E-state index is 12.1. The molecule has 1 saturated carbocycles. The number of ether oxygens (including phenoxy) is 1. The molecule has 1 fully saturated rings. The number of benzene rings is 1. The molecule has 1 N–H and O–H groups in total. The minimum atomic E-state index is -2.80. The maximum atomic E-state index is 12.1. The quantitative estimate of drug-likeness (QED) is 0.766. The van der Waals surface area contributed by atoms with Gasteiger partial charge in [-0.1, -0.05) is 6.92 Å². The van der Waals surface area contributed by atoms with Crippen LogP contribution in [-0.2, 0) is 0 Å². The first kappa shape index (κ1) is 15.9. The Morgan fingerprint density at radius 1 is 1.38 bits per heavy atom. The molecule has 0 saturated heterocycles. The number of nitrogens with zero attached hydrogens (tertiary/aromatic N) is 1. The van der Waals surface area contributed by atoms with Crippen molar-refractivity contribution in [3.63, 3.8) is 0 Å². The Bertz CT molecular complexity index is 463. The minimum Gasteiger partial charge on any atom is -0.435 e. The number of nitrogens with one attached hydrogen (secondary N) is 1. The largest absolute Gasteiger partial charge is 0.435 e. The second-order valence-electron chi connectivity index (χ2n) is 5.22. The van der Waals surface area contributed by atoms with E-state index in [2.05, 4.69) is 21.9 Å². The number of thiocarbonyl (C=S) groups is 1. The predicted molar refractivity (Wildman–Crippen MR) is 83.9 cm³/mol. The Balaban J connectivity index is 1.90. The zero-order valence-corrected chi connectivity index (χ0v) is 12.8. The number of hydrogen-bond donors (Lipinski definition) is 1. The first-order chi connectivity index (χ1) is 10.1. The van der Waals surface area contributed by atoms with E-state index >= 15 is 0 Å². The van der Waals surface area contributed by atoms with E-state index in [9.17, 15) is 8.78 Å². The standard InChI is InChI=1S/C15H20F2N2OS/c1-2-9-19(10-11-3-4-11)15(21)18-12-5-7-13(8-6-12)20-14(16)17/h5-8,11,14H,2-4,9-10H2,1H3,(H,18,21). The molecule has 0 bridgehead atoms. The molecular weight excluding hydrogens is 294 g/mol. The molecule has 1 aromatic rings. The first-order valence-electron chi connectivity index (χ1n) is 7.19. The van der Waals surface area contributed by atoms with Crippen LogP contribution < -0.4 is 10.1 Å². The molecule has 0 amide bonds. The van der Waals surface area contributed by atoms with E-state index in [1.54, 1.807) is 12.1 Å². The summed E-state index contributed by atoms with van der Waals surface area (Å²) in [5.41, 5.74) is 0.776. The van der Waals surface area contributed by atoms with Gasteiger partial charge in [0.1, 0.15) is 5.75 Å². The molecule has 6 heteroatoms. The maximum Gasteiger partial charge on any atom is 0.387 e. The number of anilines is 1. The van der Waals surface area contributed by atoms with E-state index in [1.807, 2.05) is 0 Å². The van der Waals surface area contributed by atoms with Crippen molar-refractivity contribution in [2.45, 2.75) is 32.8 Å². The summed E-state index contributed by atoms with van der Waals surface area (Å²) in [6, 6.07) is 6.38. The number of rotatable bonds is 7. The highest BCUT2D eigenvalue weighted by atomic mass is 32.1. The summed E-state index contributed by atoms with van der Waals surface area (Å²) in [7, 11) is 0. The lowest BCUT2D eigenvalue weighted by Crippen LogP contribution is -2.36. The molecule has 1 aliphatic carbocycles. The van der Waals surface area contributed by atoms with Crippen molar-refractivity contribution in [1.29, 1.82) is 0 Å². The highest BCUT2D eigenvalue weighted by Gasteiger charge is 2.25. The molecule has 0 aromatic heterocycles. The third-order valence-electron chi connectivity index (χ3n) is 3.29. The van der Waals surface area contributed by atoms with Crippen LogP contribution in [0.25, 0.3) is 0 Å². The van der Waals surface area contributed by atoms with Gasteiger partial charge in [0.15, 0.2) is 5.11 Å². The van der Waals surface area contributed by atoms with Gasteiger partial charge in [-0.3, -0.25) is 0 Å². The summed E-state index contributed by atoms with van der Waals surface area (Å²) >= 11 is 5.44. The van der Waals surface area contributed by atoms with Gasteiger partial charge < -0.3 is 15.0 Å². The Kier molecular flexibility index (Phi) is 5.73. The van der Waals surface area contributed by atoms with Gasteiger partial charge in [-0.05, 0) is 61.7 Å².